The van der Waals surface area contributed by atoms with Gasteiger partial charge in [0.15, 0.2) is 5.82 Å². The topological polar surface area (TPSA) is 81.1 Å². The fourth-order valence-corrected chi connectivity index (χ4v) is 3.17. The highest BCUT2D eigenvalue weighted by Gasteiger charge is 2.26. The molecule has 0 spiro atoms. The fraction of sp³-hybridized carbons (Fsp3) is 0.417. The molecule has 1 fully saturated rings. The minimum absolute atomic E-state index is 0.213. The molecule has 19 heavy (non-hydrogen) atoms. The molecule has 3 rings (SSSR count). The predicted molar refractivity (Wildman–Crippen MR) is 74.6 cm³/mol. The average Bonchev–Trinajstić information content (AvgIpc) is 2.89. The first kappa shape index (κ1) is 12.4. The van der Waals surface area contributed by atoms with Crippen LogP contribution in [-0.2, 0) is 0 Å². The van der Waals surface area contributed by atoms with Crippen LogP contribution in [0, 0.1) is 0 Å². The Balaban J connectivity index is 1.84. The van der Waals surface area contributed by atoms with Gasteiger partial charge in [-0.2, -0.15) is 16.7 Å². The molecule has 1 atom stereocenters. The molecule has 1 aliphatic heterocycles. The van der Waals surface area contributed by atoms with Crippen molar-refractivity contribution in [3.63, 3.8) is 0 Å². The lowest BCUT2D eigenvalue weighted by Crippen LogP contribution is -2.33. The van der Waals surface area contributed by atoms with E-state index >= 15 is 0 Å². The smallest absolute Gasteiger partial charge is 0.276 e. The predicted octanol–water partition coefficient (Wildman–Crippen LogP) is 1.43. The van der Waals surface area contributed by atoms with Gasteiger partial charge in [0.2, 0.25) is 0 Å². The van der Waals surface area contributed by atoms with Crippen molar-refractivity contribution in [3.8, 4) is 11.6 Å². The Hall–Kier alpha value is -1.60. The van der Waals surface area contributed by atoms with E-state index in [9.17, 15) is 0 Å². The van der Waals surface area contributed by atoms with Gasteiger partial charge >= 0.3 is 0 Å². The van der Waals surface area contributed by atoms with Crippen molar-refractivity contribution >= 4 is 17.4 Å². The van der Waals surface area contributed by atoms with Crippen LogP contribution in [0.15, 0.2) is 22.9 Å². The zero-order valence-electron chi connectivity index (χ0n) is 10.6. The van der Waals surface area contributed by atoms with E-state index in [0.717, 1.165) is 23.9 Å². The molecule has 0 aromatic carbocycles. The van der Waals surface area contributed by atoms with Crippen LogP contribution in [0.25, 0.3) is 11.6 Å². The van der Waals surface area contributed by atoms with Crippen molar-refractivity contribution in [1.82, 2.24) is 20.0 Å². The second-order valence-corrected chi connectivity index (χ2v) is 5.66. The van der Waals surface area contributed by atoms with Crippen molar-refractivity contribution in [2.24, 2.45) is 0 Å². The molecule has 3 heterocycles. The van der Waals surface area contributed by atoms with Gasteiger partial charge < -0.3 is 10.3 Å². The van der Waals surface area contributed by atoms with Gasteiger partial charge in [-0.05, 0) is 19.2 Å². The van der Waals surface area contributed by atoms with Crippen molar-refractivity contribution in [2.75, 3.05) is 30.8 Å². The summed E-state index contributed by atoms with van der Waals surface area (Å²) in [6.45, 7) is 1.04. The van der Waals surface area contributed by atoms with Crippen LogP contribution in [-0.4, -0.2) is 45.1 Å². The number of nitrogen functional groups attached to an aromatic ring is 1. The molecular formula is C12H15N5OS. The Morgan fingerprint density at radius 1 is 1.47 bits per heavy atom. The minimum Gasteiger partial charge on any atom is -0.397 e. The number of rotatable bonds is 2. The van der Waals surface area contributed by atoms with E-state index in [1.807, 2.05) is 11.8 Å². The first-order valence-corrected chi connectivity index (χ1v) is 7.23. The molecule has 2 aromatic rings. The first-order chi connectivity index (χ1) is 9.24. The van der Waals surface area contributed by atoms with Crippen molar-refractivity contribution < 1.29 is 4.52 Å². The normalized spacial score (nSPS) is 20.6. The molecule has 0 saturated carbocycles. The molecule has 1 unspecified atom stereocenters. The summed E-state index contributed by atoms with van der Waals surface area (Å²) in [5.41, 5.74) is 6.88. The third kappa shape index (κ3) is 2.57. The number of thioether (sulfide) groups is 1. The Labute approximate surface area is 115 Å². The zero-order chi connectivity index (χ0) is 13.2. The molecule has 100 valence electrons. The molecule has 0 aliphatic carbocycles. The Morgan fingerprint density at radius 3 is 3.11 bits per heavy atom. The molecule has 0 bridgehead atoms. The molecule has 1 aliphatic rings. The number of pyridine rings is 1. The highest BCUT2D eigenvalue weighted by atomic mass is 32.2. The lowest BCUT2D eigenvalue weighted by molar-refractivity contribution is 0.257. The van der Waals surface area contributed by atoms with Gasteiger partial charge in [-0.1, -0.05) is 5.16 Å². The average molecular weight is 277 g/mol. The van der Waals surface area contributed by atoms with Crippen LogP contribution in [0.1, 0.15) is 11.9 Å². The molecule has 6 nitrogen and oxygen atoms in total. The van der Waals surface area contributed by atoms with Gasteiger partial charge in [-0.3, -0.25) is 4.90 Å². The lowest BCUT2D eigenvalue weighted by Gasteiger charge is -2.29. The van der Waals surface area contributed by atoms with Gasteiger partial charge in [-0.25, -0.2) is 4.98 Å². The largest absolute Gasteiger partial charge is 0.397 e. The number of hydrogen-bond acceptors (Lipinski definition) is 7. The van der Waals surface area contributed by atoms with Crippen LogP contribution in [0.2, 0.25) is 0 Å². The maximum absolute atomic E-state index is 5.61. The molecule has 2 N–H and O–H groups in total. The van der Waals surface area contributed by atoms with Crippen LogP contribution in [0.3, 0.4) is 0 Å². The number of anilines is 1. The molecular weight excluding hydrogens is 262 g/mol. The van der Waals surface area contributed by atoms with Crippen LogP contribution in [0.4, 0.5) is 5.69 Å². The van der Waals surface area contributed by atoms with Crippen molar-refractivity contribution in [2.45, 2.75) is 6.04 Å². The summed E-state index contributed by atoms with van der Waals surface area (Å²) in [5, 5.41) is 4.08. The summed E-state index contributed by atoms with van der Waals surface area (Å²) in [7, 11) is 2.09. The quantitative estimate of drug-likeness (QED) is 0.889. The molecule has 1 saturated heterocycles. The van der Waals surface area contributed by atoms with Crippen molar-refractivity contribution in [1.29, 1.82) is 0 Å². The Kier molecular flexibility index (Phi) is 3.39. The third-order valence-electron chi connectivity index (χ3n) is 3.14. The van der Waals surface area contributed by atoms with Gasteiger partial charge in [0.1, 0.15) is 5.69 Å². The van der Waals surface area contributed by atoms with Gasteiger partial charge in [0, 0.05) is 18.1 Å². The fourth-order valence-electron chi connectivity index (χ4n) is 1.96. The van der Waals surface area contributed by atoms with E-state index in [0.29, 0.717) is 17.3 Å². The van der Waals surface area contributed by atoms with E-state index in [4.69, 9.17) is 10.3 Å². The second kappa shape index (κ2) is 5.18. The third-order valence-corrected chi connectivity index (χ3v) is 4.16. The molecule has 2 aromatic heterocycles. The van der Waals surface area contributed by atoms with Gasteiger partial charge in [0.05, 0.1) is 17.9 Å². The van der Waals surface area contributed by atoms with E-state index in [1.165, 1.54) is 0 Å². The molecule has 0 radical (unpaired) electrons. The standard InChI is InChI=1S/C12H15N5OS/c1-17-4-5-19-7-10(17)11-15-12(18-16-11)9-3-2-8(13)6-14-9/h2-3,6,10H,4-5,7,13H2,1H3. The summed E-state index contributed by atoms with van der Waals surface area (Å²) in [6, 6.07) is 3.77. The summed E-state index contributed by atoms with van der Waals surface area (Å²) in [5.74, 6) is 3.31. The van der Waals surface area contributed by atoms with Gasteiger partial charge in [0.25, 0.3) is 5.89 Å². The lowest BCUT2D eigenvalue weighted by atomic mass is 10.2. The summed E-state index contributed by atoms with van der Waals surface area (Å²) in [6.07, 6.45) is 1.59. The Morgan fingerprint density at radius 2 is 2.37 bits per heavy atom. The monoisotopic (exact) mass is 277 g/mol. The van der Waals surface area contributed by atoms with Crippen LogP contribution >= 0.6 is 11.8 Å². The van der Waals surface area contributed by atoms with E-state index in [-0.39, 0.29) is 6.04 Å². The SMILES string of the molecule is CN1CCSCC1c1noc(-c2ccc(N)cn2)n1. The highest BCUT2D eigenvalue weighted by Crippen LogP contribution is 2.27. The Bertz CT molecular complexity index is 556. The first-order valence-electron chi connectivity index (χ1n) is 6.07. The van der Waals surface area contributed by atoms with Crippen LogP contribution < -0.4 is 5.73 Å². The number of nitrogens with two attached hydrogens (primary N) is 1. The van der Waals surface area contributed by atoms with Crippen LogP contribution in [0.5, 0.6) is 0 Å². The molecule has 0 amide bonds. The summed E-state index contributed by atoms with van der Waals surface area (Å²) in [4.78, 5) is 10.9. The number of nitrogens with zero attached hydrogens (tertiary/aromatic N) is 4. The summed E-state index contributed by atoms with van der Waals surface area (Å²) >= 11 is 1.91. The van der Waals surface area contributed by atoms with Gasteiger partial charge in [-0.15, -0.1) is 0 Å². The van der Waals surface area contributed by atoms with Crippen molar-refractivity contribution in [3.05, 3.63) is 24.2 Å². The zero-order valence-corrected chi connectivity index (χ0v) is 11.4. The maximum atomic E-state index is 5.61. The van der Waals surface area contributed by atoms with E-state index < -0.39 is 0 Å². The van der Waals surface area contributed by atoms with E-state index in [1.54, 1.807) is 18.3 Å². The summed E-state index contributed by atoms with van der Waals surface area (Å²) < 4.78 is 5.29. The molecule has 7 heteroatoms. The minimum atomic E-state index is 0.213. The number of aromatic nitrogens is 3. The maximum Gasteiger partial charge on any atom is 0.276 e. The number of hydrogen-bond donors (Lipinski definition) is 1. The second-order valence-electron chi connectivity index (χ2n) is 4.51. The highest BCUT2D eigenvalue weighted by molar-refractivity contribution is 7.99. The van der Waals surface area contributed by atoms with E-state index in [2.05, 4.69) is 27.1 Å².